The van der Waals surface area contributed by atoms with Gasteiger partial charge in [0.15, 0.2) is 4.90 Å². The van der Waals surface area contributed by atoms with Crippen molar-refractivity contribution in [2.24, 2.45) is 4.40 Å². The molecule has 3 heterocycles. The number of hydrogen-bond donors (Lipinski definition) is 0. The van der Waals surface area contributed by atoms with E-state index in [1.165, 1.54) is 12.3 Å². The Hall–Kier alpha value is -1.74. The minimum absolute atomic E-state index is 0.0209. The number of likely N-dealkylation sites (tertiary alicyclic amines) is 1. The van der Waals surface area contributed by atoms with Gasteiger partial charge in [-0.3, -0.25) is 4.90 Å². The van der Waals surface area contributed by atoms with Gasteiger partial charge in [0, 0.05) is 25.2 Å². The molecule has 1 saturated heterocycles. The first-order valence-corrected chi connectivity index (χ1v) is 10.3. The molecule has 1 spiro atoms. The quantitative estimate of drug-likeness (QED) is 0.790. The third kappa shape index (κ3) is 3.55. The van der Waals surface area contributed by atoms with Crippen molar-refractivity contribution in [2.75, 3.05) is 26.2 Å². The van der Waals surface area contributed by atoms with Gasteiger partial charge in [-0.05, 0) is 38.7 Å². The minimum atomic E-state index is -3.81. The fourth-order valence-corrected chi connectivity index (χ4v) is 4.23. The van der Waals surface area contributed by atoms with Crippen molar-refractivity contribution in [3.63, 3.8) is 0 Å². The minimum Gasteiger partial charge on any atom is -0.476 e. The molecular formula is C17H22FN3O4S. The van der Waals surface area contributed by atoms with Gasteiger partial charge < -0.3 is 9.47 Å². The highest BCUT2D eigenvalue weighted by Gasteiger charge is 2.48. The van der Waals surface area contributed by atoms with Gasteiger partial charge in [-0.15, -0.1) is 0 Å². The Kier molecular flexibility index (Phi) is 4.38. The molecule has 3 aliphatic rings. The number of fused-ring (bicyclic) bond motifs is 1. The van der Waals surface area contributed by atoms with Crippen LogP contribution in [0.5, 0.6) is 11.8 Å². The molecule has 0 unspecified atom stereocenters. The van der Waals surface area contributed by atoms with Crippen LogP contribution in [0.3, 0.4) is 0 Å². The van der Waals surface area contributed by atoms with Crippen molar-refractivity contribution in [1.82, 2.24) is 9.88 Å². The van der Waals surface area contributed by atoms with Gasteiger partial charge in [-0.25, -0.2) is 4.39 Å². The molecule has 1 saturated carbocycles. The van der Waals surface area contributed by atoms with Gasteiger partial charge in [-0.2, -0.15) is 17.8 Å². The lowest BCUT2D eigenvalue weighted by molar-refractivity contribution is 0.130. The molecule has 0 N–H and O–H groups in total. The van der Waals surface area contributed by atoms with Gasteiger partial charge in [0.25, 0.3) is 10.0 Å². The molecule has 0 radical (unpaired) electrons. The lowest BCUT2D eigenvalue weighted by Crippen LogP contribution is -2.37. The summed E-state index contributed by atoms with van der Waals surface area (Å²) in [5.74, 6) is 0.413. The van der Waals surface area contributed by atoms with Gasteiger partial charge in [0.05, 0.1) is 6.21 Å². The second-order valence-corrected chi connectivity index (χ2v) is 8.76. The highest BCUT2D eigenvalue weighted by molar-refractivity contribution is 7.90. The van der Waals surface area contributed by atoms with Crippen LogP contribution in [0.15, 0.2) is 15.4 Å². The molecule has 7 nitrogen and oxygen atoms in total. The number of piperidine rings is 1. The van der Waals surface area contributed by atoms with Gasteiger partial charge in [0.1, 0.15) is 18.4 Å². The van der Waals surface area contributed by atoms with E-state index in [4.69, 9.17) is 9.47 Å². The van der Waals surface area contributed by atoms with E-state index in [2.05, 4.69) is 14.3 Å². The summed E-state index contributed by atoms with van der Waals surface area (Å²) in [7, 11) is -3.81. The first kappa shape index (κ1) is 17.7. The van der Waals surface area contributed by atoms with Crippen molar-refractivity contribution >= 4 is 16.2 Å². The molecule has 1 aliphatic carbocycles. The maximum atomic E-state index is 13.2. The Labute approximate surface area is 152 Å². The van der Waals surface area contributed by atoms with Crippen LogP contribution >= 0.6 is 0 Å². The van der Waals surface area contributed by atoms with Crippen molar-refractivity contribution in [1.29, 1.82) is 0 Å². The Bertz CT molecular complexity index is 831. The van der Waals surface area contributed by atoms with Crippen molar-refractivity contribution in [3.8, 4) is 11.8 Å². The summed E-state index contributed by atoms with van der Waals surface area (Å²) in [6.07, 6.45) is 3.24. The molecule has 26 heavy (non-hydrogen) atoms. The smallest absolute Gasteiger partial charge is 0.287 e. The SMILES string of the molecule is Cc1cc2c(nc1OCCN1CCC(F)CC1)OC1(C=NS2(=O)=O)CC1. The Balaban J connectivity index is 1.48. The van der Waals surface area contributed by atoms with E-state index in [1.807, 2.05) is 0 Å². The number of aryl methyl sites for hydroxylation is 1. The molecule has 4 rings (SSSR count). The number of alkyl halides is 1. The molecule has 2 aliphatic heterocycles. The van der Waals surface area contributed by atoms with Crippen molar-refractivity contribution in [3.05, 3.63) is 11.6 Å². The Morgan fingerprint density at radius 2 is 2.12 bits per heavy atom. The standard InChI is InChI=1S/C17H22FN3O4S/c1-12-10-14-16(25-17(4-5-17)11-19-26(14,22)23)20-15(12)24-9-8-21-6-2-13(18)3-7-21/h10-11,13H,2-9H2,1H3. The number of halogens is 1. The zero-order valence-corrected chi connectivity index (χ0v) is 15.5. The van der Waals surface area contributed by atoms with E-state index >= 15 is 0 Å². The molecule has 9 heteroatoms. The van der Waals surface area contributed by atoms with Gasteiger partial charge in [-0.1, -0.05) is 0 Å². The summed E-state index contributed by atoms with van der Waals surface area (Å²) in [5.41, 5.74) is -0.0329. The van der Waals surface area contributed by atoms with Crippen LogP contribution in [-0.2, 0) is 10.0 Å². The molecule has 1 aromatic heterocycles. The van der Waals surface area contributed by atoms with E-state index in [0.717, 1.165) is 25.9 Å². The summed E-state index contributed by atoms with van der Waals surface area (Å²) in [6.45, 7) is 4.27. The van der Waals surface area contributed by atoms with E-state index < -0.39 is 21.8 Å². The third-order valence-electron chi connectivity index (χ3n) is 5.01. The fourth-order valence-electron chi connectivity index (χ4n) is 3.15. The van der Waals surface area contributed by atoms with Crippen LogP contribution in [0.1, 0.15) is 31.2 Å². The average Bonchev–Trinajstić information content (AvgIpc) is 3.38. The third-order valence-corrected chi connectivity index (χ3v) is 6.24. The molecule has 2 fully saturated rings. The number of pyridine rings is 1. The van der Waals surface area contributed by atoms with Crippen LogP contribution in [-0.4, -0.2) is 62.5 Å². The van der Waals surface area contributed by atoms with Crippen molar-refractivity contribution < 1.29 is 22.3 Å². The van der Waals surface area contributed by atoms with Gasteiger partial charge >= 0.3 is 0 Å². The molecule has 0 aromatic carbocycles. The van der Waals surface area contributed by atoms with Crippen LogP contribution in [0.2, 0.25) is 0 Å². The monoisotopic (exact) mass is 383 g/mol. The molecular weight excluding hydrogens is 361 g/mol. The van der Waals surface area contributed by atoms with E-state index in [0.29, 0.717) is 37.4 Å². The predicted molar refractivity (Wildman–Crippen MR) is 93.3 cm³/mol. The fraction of sp³-hybridized carbons (Fsp3) is 0.647. The summed E-state index contributed by atoms with van der Waals surface area (Å²) in [4.78, 5) is 6.45. The number of rotatable bonds is 4. The maximum Gasteiger partial charge on any atom is 0.287 e. The average molecular weight is 383 g/mol. The van der Waals surface area contributed by atoms with Gasteiger partial charge in [0.2, 0.25) is 11.8 Å². The zero-order chi connectivity index (χ0) is 18.4. The molecule has 0 atom stereocenters. The number of aromatic nitrogens is 1. The number of hydrogen-bond acceptors (Lipinski definition) is 6. The van der Waals surface area contributed by atoms with Crippen LogP contribution in [0.25, 0.3) is 0 Å². The Morgan fingerprint density at radius 1 is 1.38 bits per heavy atom. The number of ether oxygens (including phenoxy) is 2. The zero-order valence-electron chi connectivity index (χ0n) is 14.6. The Morgan fingerprint density at radius 3 is 2.81 bits per heavy atom. The lowest BCUT2D eigenvalue weighted by atomic mass is 10.1. The summed E-state index contributed by atoms with van der Waals surface area (Å²) in [5, 5.41) is 0. The second-order valence-electron chi connectivity index (χ2n) is 7.15. The van der Waals surface area contributed by atoms with Crippen LogP contribution in [0, 0.1) is 6.92 Å². The summed E-state index contributed by atoms with van der Waals surface area (Å²) < 4.78 is 53.1. The lowest BCUT2D eigenvalue weighted by Gasteiger charge is -2.28. The number of sulfonamides is 1. The normalized spacial score (nSPS) is 23.9. The van der Waals surface area contributed by atoms with Crippen LogP contribution in [0.4, 0.5) is 4.39 Å². The first-order valence-electron chi connectivity index (χ1n) is 8.88. The summed E-state index contributed by atoms with van der Waals surface area (Å²) >= 11 is 0. The molecule has 1 aromatic rings. The predicted octanol–water partition coefficient (Wildman–Crippen LogP) is 1.89. The van der Waals surface area contributed by atoms with Crippen molar-refractivity contribution in [2.45, 2.75) is 49.3 Å². The maximum absolute atomic E-state index is 13.2. The van der Waals surface area contributed by atoms with E-state index in [9.17, 15) is 12.8 Å². The molecule has 142 valence electrons. The first-order chi connectivity index (χ1) is 12.4. The highest BCUT2D eigenvalue weighted by atomic mass is 32.2. The summed E-state index contributed by atoms with van der Waals surface area (Å²) in [6, 6.07) is 1.50. The number of nitrogens with zero attached hydrogens (tertiary/aromatic N) is 3. The molecule has 0 amide bonds. The molecule has 0 bridgehead atoms. The largest absolute Gasteiger partial charge is 0.476 e. The second kappa shape index (κ2) is 6.45. The topological polar surface area (TPSA) is 81.1 Å². The van der Waals surface area contributed by atoms with E-state index in [-0.39, 0.29) is 10.8 Å². The highest BCUT2D eigenvalue weighted by Crippen LogP contribution is 2.43. The van der Waals surface area contributed by atoms with E-state index in [1.54, 1.807) is 6.92 Å². The van der Waals surface area contributed by atoms with Crippen LogP contribution < -0.4 is 9.47 Å².